The molecule has 1 fully saturated rings. The first kappa shape index (κ1) is 11.0. The van der Waals surface area contributed by atoms with Gasteiger partial charge in [-0.2, -0.15) is 0 Å². The molecule has 0 aromatic heterocycles. The Hall–Kier alpha value is -1.10. The lowest BCUT2D eigenvalue weighted by atomic mass is 9.88. The lowest BCUT2D eigenvalue weighted by Crippen LogP contribution is -2.47. The Labute approximate surface area is 82.8 Å². The lowest BCUT2D eigenvalue weighted by Gasteiger charge is -2.24. The number of carbonyl (C=O) groups excluding carboxylic acids is 2. The first-order chi connectivity index (χ1) is 6.47. The summed E-state index contributed by atoms with van der Waals surface area (Å²) in [5.41, 5.74) is -0.135. The van der Waals surface area contributed by atoms with Crippen LogP contribution in [-0.4, -0.2) is 38.2 Å². The molecule has 1 rings (SSSR count). The van der Waals surface area contributed by atoms with Crippen LogP contribution in [0.2, 0.25) is 0 Å². The fraction of sp³-hybridized carbons (Fsp3) is 0.778. The number of hydrogen-bond donors (Lipinski definition) is 1. The smallest absolute Gasteiger partial charge is 0.396 e. The van der Waals surface area contributed by atoms with E-state index in [0.717, 1.165) is 0 Å². The predicted octanol–water partition coefficient (Wildman–Crippen LogP) is -0.299. The van der Waals surface area contributed by atoms with E-state index in [0.29, 0.717) is 13.2 Å². The standard InChI is InChI=1S/C9H15NO4/c1-9(2)5-14-4-6(9)10-7(11)8(12)13-3/h6H,4-5H2,1-3H3,(H,10,11)/t6-/m1/s1. The molecule has 0 radical (unpaired) electrons. The number of nitrogens with one attached hydrogen (secondary N) is 1. The first-order valence-electron chi connectivity index (χ1n) is 4.44. The second-order valence-electron chi connectivity index (χ2n) is 4.02. The number of ether oxygens (including phenoxy) is 2. The molecule has 0 aromatic rings. The molecule has 5 heteroatoms. The molecule has 1 aliphatic heterocycles. The second kappa shape index (κ2) is 3.96. The number of esters is 1. The Bertz CT molecular complexity index is 249. The minimum absolute atomic E-state index is 0.130. The molecule has 0 saturated carbocycles. The maximum atomic E-state index is 11.2. The Morgan fingerprint density at radius 1 is 1.50 bits per heavy atom. The van der Waals surface area contributed by atoms with Crippen molar-refractivity contribution in [1.29, 1.82) is 0 Å². The number of hydrogen-bond acceptors (Lipinski definition) is 4. The van der Waals surface area contributed by atoms with E-state index in [9.17, 15) is 9.59 Å². The molecule has 5 nitrogen and oxygen atoms in total. The van der Waals surface area contributed by atoms with Gasteiger partial charge in [0.15, 0.2) is 0 Å². The molecule has 0 unspecified atom stereocenters. The fourth-order valence-corrected chi connectivity index (χ4v) is 1.31. The molecule has 0 bridgehead atoms. The van der Waals surface area contributed by atoms with Gasteiger partial charge >= 0.3 is 11.9 Å². The highest BCUT2D eigenvalue weighted by Crippen LogP contribution is 2.27. The van der Waals surface area contributed by atoms with Crippen molar-refractivity contribution in [3.63, 3.8) is 0 Å². The maximum Gasteiger partial charge on any atom is 0.396 e. The van der Waals surface area contributed by atoms with Gasteiger partial charge in [0.1, 0.15) is 0 Å². The van der Waals surface area contributed by atoms with E-state index in [1.165, 1.54) is 7.11 Å². The molecule has 1 amide bonds. The minimum Gasteiger partial charge on any atom is -0.462 e. The average molecular weight is 201 g/mol. The summed E-state index contributed by atoms with van der Waals surface area (Å²) in [6.07, 6.45) is 0. The normalized spacial score (nSPS) is 24.4. The zero-order valence-corrected chi connectivity index (χ0v) is 8.62. The van der Waals surface area contributed by atoms with Crippen LogP contribution in [-0.2, 0) is 19.1 Å². The van der Waals surface area contributed by atoms with E-state index in [-0.39, 0.29) is 11.5 Å². The third-order valence-corrected chi connectivity index (χ3v) is 2.38. The molecule has 0 aromatic carbocycles. The van der Waals surface area contributed by atoms with Crippen LogP contribution in [0.3, 0.4) is 0 Å². The van der Waals surface area contributed by atoms with Crippen LogP contribution in [0.25, 0.3) is 0 Å². The monoisotopic (exact) mass is 201 g/mol. The van der Waals surface area contributed by atoms with Crippen LogP contribution in [0.5, 0.6) is 0 Å². The van der Waals surface area contributed by atoms with E-state index in [4.69, 9.17) is 4.74 Å². The molecule has 80 valence electrons. The third-order valence-electron chi connectivity index (χ3n) is 2.38. The maximum absolute atomic E-state index is 11.2. The van der Waals surface area contributed by atoms with Gasteiger partial charge in [0.05, 0.1) is 26.4 Å². The van der Waals surface area contributed by atoms with Gasteiger partial charge in [-0.1, -0.05) is 13.8 Å². The highest BCUT2D eigenvalue weighted by atomic mass is 16.5. The van der Waals surface area contributed by atoms with E-state index in [1.54, 1.807) is 0 Å². The van der Waals surface area contributed by atoms with Crippen LogP contribution in [0, 0.1) is 5.41 Å². The van der Waals surface area contributed by atoms with E-state index in [1.807, 2.05) is 13.8 Å². The molecule has 0 aliphatic carbocycles. The Morgan fingerprint density at radius 3 is 2.57 bits per heavy atom. The average Bonchev–Trinajstić information content (AvgIpc) is 2.44. The van der Waals surface area contributed by atoms with E-state index < -0.39 is 11.9 Å². The van der Waals surface area contributed by atoms with Gasteiger partial charge in [0, 0.05) is 5.41 Å². The van der Waals surface area contributed by atoms with Gasteiger partial charge in [-0.05, 0) is 0 Å². The van der Waals surface area contributed by atoms with Gasteiger partial charge in [0.25, 0.3) is 0 Å². The molecule has 14 heavy (non-hydrogen) atoms. The zero-order chi connectivity index (χ0) is 10.8. The van der Waals surface area contributed by atoms with Crippen molar-refractivity contribution in [3.05, 3.63) is 0 Å². The summed E-state index contributed by atoms with van der Waals surface area (Å²) in [6.45, 7) is 4.97. The summed E-state index contributed by atoms with van der Waals surface area (Å²) in [5, 5.41) is 2.58. The van der Waals surface area contributed by atoms with Crippen molar-refractivity contribution in [1.82, 2.24) is 5.32 Å². The van der Waals surface area contributed by atoms with Gasteiger partial charge in [0.2, 0.25) is 0 Å². The molecular formula is C9H15NO4. The largest absolute Gasteiger partial charge is 0.462 e. The summed E-state index contributed by atoms with van der Waals surface area (Å²) >= 11 is 0. The van der Waals surface area contributed by atoms with E-state index in [2.05, 4.69) is 10.1 Å². The summed E-state index contributed by atoms with van der Waals surface area (Å²) in [7, 11) is 1.18. The number of rotatable bonds is 1. The topological polar surface area (TPSA) is 64.6 Å². The Kier molecular flexibility index (Phi) is 3.10. The minimum atomic E-state index is -0.868. The van der Waals surface area contributed by atoms with Crippen molar-refractivity contribution < 1.29 is 19.1 Å². The molecule has 1 saturated heterocycles. The van der Waals surface area contributed by atoms with Crippen LogP contribution in [0.15, 0.2) is 0 Å². The van der Waals surface area contributed by atoms with Crippen molar-refractivity contribution >= 4 is 11.9 Å². The lowest BCUT2D eigenvalue weighted by molar-refractivity contribution is -0.153. The van der Waals surface area contributed by atoms with Crippen LogP contribution in [0.4, 0.5) is 0 Å². The van der Waals surface area contributed by atoms with Crippen molar-refractivity contribution in [2.45, 2.75) is 19.9 Å². The number of methoxy groups -OCH3 is 1. The predicted molar refractivity (Wildman–Crippen MR) is 48.5 cm³/mol. The third kappa shape index (κ3) is 2.23. The van der Waals surface area contributed by atoms with Crippen molar-refractivity contribution in [2.75, 3.05) is 20.3 Å². The Balaban J connectivity index is 2.52. The highest BCUT2D eigenvalue weighted by molar-refractivity contribution is 6.32. The Morgan fingerprint density at radius 2 is 2.14 bits per heavy atom. The van der Waals surface area contributed by atoms with E-state index >= 15 is 0 Å². The fourth-order valence-electron chi connectivity index (χ4n) is 1.31. The van der Waals surface area contributed by atoms with Gasteiger partial charge in [-0.25, -0.2) is 4.79 Å². The SMILES string of the molecule is COC(=O)C(=O)N[C@@H]1COCC1(C)C. The molecular weight excluding hydrogens is 186 g/mol. The van der Waals surface area contributed by atoms with Gasteiger partial charge in [-0.3, -0.25) is 4.79 Å². The summed E-state index contributed by atoms with van der Waals surface area (Å²) < 4.78 is 9.52. The van der Waals surface area contributed by atoms with Crippen LogP contribution in [0.1, 0.15) is 13.8 Å². The van der Waals surface area contributed by atoms with Gasteiger partial charge < -0.3 is 14.8 Å². The van der Waals surface area contributed by atoms with Crippen molar-refractivity contribution in [2.24, 2.45) is 5.41 Å². The molecule has 1 heterocycles. The molecule has 1 atom stereocenters. The quantitative estimate of drug-likeness (QED) is 0.467. The first-order valence-corrected chi connectivity index (χ1v) is 4.44. The summed E-state index contributed by atoms with van der Waals surface area (Å²) in [6, 6.07) is -0.130. The molecule has 1 N–H and O–H groups in total. The zero-order valence-electron chi connectivity index (χ0n) is 8.62. The van der Waals surface area contributed by atoms with Crippen LogP contribution >= 0.6 is 0 Å². The second-order valence-corrected chi connectivity index (χ2v) is 4.02. The number of amides is 1. The van der Waals surface area contributed by atoms with Gasteiger partial charge in [-0.15, -0.1) is 0 Å². The summed E-state index contributed by atoms with van der Waals surface area (Å²) in [4.78, 5) is 22.0. The summed E-state index contributed by atoms with van der Waals surface area (Å²) in [5.74, 6) is -1.58. The van der Waals surface area contributed by atoms with Crippen LogP contribution < -0.4 is 5.32 Å². The van der Waals surface area contributed by atoms with Crippen molar-refractivity contribution in [3.8, 4) is 0 Å². The number of carbonyl (C=O) groups is 2. The highest BCUT2D eigenvalue weighted by Gasteiger charge is 2.37. The molecule has 0 spiro atoms. The molecule has 1 aliphatic rings.